The number of amides is 3. The molecule has 0 bridgehead atoms. The van der Waals surface area contributed by atoms with Crippen LogP contribution in [0, 0.1) is 0 Å². The fourth-order valence-corrected chi connectivity index (χ4v) is 6.36. The fourth-order valence-electron chi connectivity index (χ4n) is 5.30. The molecular formula is C29H37ClN8O5S. The number of anilines is 2. The van der Waals surface area contributed by atoms with Crippen LogP contribution in [0.4, 0.5) is 16.3 Å². The lowest BCUT2D eigenvalue weighted by Crippen LogP contribution is -2.47. The minimum absolute atomic E-state index is 0.0131. The Kier molecular flexibility index (Phi) is 9.20. The first-order valence-corrected chi connectivity index (χ1v) is 15.6. The van der Waals surface area contributed by atoms with E-state index in [0.29, 0.717) is 45.9 Å². The van der Waals surface area contributed by atoms with Crippen LogP contribution in [-0.2, 0) is 9.53 Å². The largest absolute Gasteiger partial charge is 0.490 e. The number of piperidine rings is 1. The number of nitrogens with zero attached hydrogens (tertiary/aromatic N) is 5. The Morgan fingerprint density at radius 1 is 1.25 bits per heavy atom. The first kappa shape index (κ1) is 31.4. The van der Waals surface area contributed by atoms with Gasteiger partial charge in [-0.05, 0) is 45.3 Å². The van der Waals surface area contributed by atoms with E-state index in [-0.39, 0.29) is 31.0 Å². The minimum atomic E-state index is -0.602. The summed E-state index contributed by atoms with van der Waals surface area (Å²) in [6.07, 6.45) is 4.55. The van der Waals surface area contributed by atoms with Crippen molar-refractivity contribution < 1.29 is 23.9 Å². The smallest absolute Gasteiger partial charge is 0.407 e. The molecule has 5 rings (SSSR count). The third kappa shape index (κ3) is 7.18. The number of fused-ring (bicyclic) bond motifs is 1. The van der Waals surface area contributed by atoms with Crippen LogP contribution in [0.3, 0.4) is 0 Å². The Bertz CT molecular complexity index is 1600. The third-order valence-electron chi connectivity index (χ3n) is 7.26. The zero-order valence-corrected chi connectivity index (χ0v) is 26.8. The number of nitrogen functional groups attached to an aromatic ring is 1. The van der Waals surface area contributed by atoms with Crippen LogP contribution >= 0.6 is 22.9 Å². The number of aromatic nitrogens is 3. The van der Waals surface area contributed by atoms with Crippen molar-refractivity contribution in [3.63, 3.8) is 0 Å². The van der Waals surface area contributed by atoms with Crippen molar-refractivity contribution >= 4 is 63.4 Å². The molecule has 0 radical (unpaired) electrons. The maximum absolute atomic E-state index is 13.4. The number of hydrogen-bond donors (Lipinski definition) is 3. The Balaban J connectivity index is 1.25. The molecule has 3 aromatic heterocycles. The van der Waals surface area contributed by atoms with E-state index in [2.05, 4.69) is 25.6 Å². The summed E-state index contributed by atoms with van der Waals surface area (Å²) in [6, 6.07) is 3.49. The summed E-state index contributed by atoms with van der Waals surface area (Å²) in [4.78, 5) is 45.8. The molecule has 3 aromatic rings. The van der Waals surface area contributed by atoms with E-state index in [1.165, 1.54) is 6.33 Å². The quantitative estimate of drug-likeness (QED) is 0.312. The molecule has 2 aliphatic heterocycles. The van der Waals surface area contributed by atoms with Crippen LogP contribution in [-0.4, -0.2) is 88.4 Å². The molecule has 1 fully saturated rings. The lowest BCUT2D eigenvalue weighted by Gasteiger charge is -2.34. The van der Waals surface area contributed by atoms with Gasteiger partial charge in [-0.25, -0.2) is 14.3 Å². The average molecular weight is 645 g/mol. The monoisotopic (exact) mass is 644 g/mol. The van der Waals surface area contributed by atoms with Crippen molar-refractivity contribution in [2.75, 3.05) is 50.0 Å². The SMILES string of the molecule is CC(=O)N1CC=C(c2cc(N3CCC[C@@H](NC(=O)c4sc(Cl)cc4OCCNC(=O)OC(C)(C)C)C3)c3c(N)ncnn23)C1. The summed E-state index contributed by atoms with van der Waals surface area (Å²) in [5.41, 5.74) is 9.16. The van der Waals surface area contributed by atoms with Gasteiger partial charge >= 0.3 is 6.09 Å². The lowest BCUT2D eigenvalue weighted by molar-refractivity contribution is -0.127. The van der Waals surface area contributed by atoms with Gasteiger partial charge < -0.3 is 35.6 Å². The molecule has 0 saturated carbocycles. The van der Waals surface area contributed by atoms with Gasteiger partial charge in [0.15, 0.2) is 5.82 Å². The number of nitrogens with two attached hydrogens (primary N) is 1. The number of carbonyl (C=O) groups is 3. The summed E-state index contributed by atoms with van der Waals surface area (Å²) < 4.78 is 13.2. The van der Waals surface area contributed by atoms with Crippen LogP contribution in [0.1, 0.15) is 55.9 Å². The lowest BCUT2D eigenvalue weighted by atomic mass is 10.0. The summed E-state index contributed by atoms with van der Waals surface area (Å²) in [6.45, 7) is 9.61. The van der Waals surface area contributed by atoms with E-state index in [0.717, 1.165) is 47.7 Å². The van der Waals surface area contributed by atoms with Crippen molar-refractivity contribution in [2.45, 2.75) is 52.2 Å². The van der Waals surface area contributed by atoms with Crippen molar-refractivity contribution in [3.8, 4) is 5.75 Å². The van der Waals surface area contributed by atoms with Gasteiger partial charge in [0.1, 0.15) is 34.7 Å². The van der Waals surface area contributed by atoms with E-state index < -0.39 is 11.7 Å². The Morgan fingerprint density at radius 2 is 2.05 bits per heavy atom. The van der Waals surface area contributed by atoms with Gasteiger partial charge in [0, 0.05) is 45.2 Å². The molecule has 236 valence electrons. The molecule has 1 atom stereocenters. The highest BCUT2D eigenvalue weighted by Gasteiger charge is 2.29. The third-order valence-corrected chi connectivity index (χ3v) is 8.50. The van der Waals surface area contributed by atoms with Crippen molar-refractivity contribution in [1.82, 2.24) is 30.1 Å². The number of nitrogens with one attached hydrogen (secondary N) is 2. The zero-order valence-electron chi connectivity index (χ0n) is 25.2. The highest BCUT2D eigenvalue weighted by Crippen LogP contribution is 2.36. The van der Waals surface area contributed by atoms with E-state index in [4.69, 9.17) is 26.8 Å². The summed E-state index contributed by atoms with van der Waals surface area (Å²) in [7, 11) is 0. The van der Waals surface area contributed by atoms with Crippen LogP contribution in [0.25, 0.3) is 11.1 Å². The maximum Gasteiger partial charge on any atom is 0.407 e. The van der Waals surface area contributed by atoms with E-state index >= 15 is 0 Å². The molecule has 0 unspecified atom stereocenters. The summed E-state index contributed by atoms with van der Waals surface area (Å²) in [5, 5.41) is 10.3. The predicted molar refractivity (Wildman–Crippen MR) is 169 cm³/mol. The molecule has 2 aliphatic rings. The van der Waals surface area contributed by atoms with Gasteiger partial charge in [-0.2, -0.15) is 5.10 Å². The van der Waals surface area contributed by atoms with Gasteiger partial charge in [-0.15, -0.1) is 11.3 Å². The van der Waals surface area contributed by atoms with E-state index in [1.807, 2.05) is 12.1 Å². The van der Waals surface area contributed by atoms with Gasteiger partial charge in [0.2, 0.25) is 5.91 Å². The summed E-state index contributed by atoms with van der Waals surface area (Å²) >= 11 is 7.39. The van der Waals surface area contributed by atoms with E-state index in [1.54, 1.807) is 43.2 Å². The van der Waals surface area contributed by atoms with Crippen molar-refractivity contribution in [1.29, 1.82) is 0 Å². The second-order valence-corrected chi connectivity index (χ2v) is 13.4. The molecule has 13 nitrogen and oxygen atoms in total. The van der Waals surface area contributed by atoms with Crippen LogP contribution in [0.5, 0.6) is 5.75 Å². The molecule has 15 heteroatoms. The van der Waals surface area contributed by atoms with Gasteiger partial charge in [0.25, 0.3) is 5.91 Å². The first-order chi connectivity index (χ1) is 20.9. The molecular weight excluding hydrogens is 608 g/mol. The van der Waals surface area contributed by atoms with Crippen molar-refractivity contribution in [2.24, 2.45) is 0 Å². The molecule has 0 aromatic carbocycles. The average Bonchev–Trinajstić information content (AvgIpc) is 3.68. The highest BCUT2D eigenvalue weighted by molar-refractivity contribution is 7.18. The molecule has 44 heavy (non-hydrogen) atoms. The van der Waals surface area contributed by atoms with Crippen molar-refractivity contribution in [3.05, 3.63) is 39.4 Å². The highest BCUT2D eigenvalue weighted by atomic mass is 35.5. The molecule has 5 heterocycles. The number of hydrogen-bond acceptors (Lipinski definition) is 10. The minimum Gasteiger partial charge on any atom is -0.490 e. The number of thiophene rings is 1. The second kappa shape index (κ2) is 12.9. The molecule has 3 amide bonds. The van der Waals surface area contributed by atoms with Crippen LogP contribution in [0.15, 0.2) is 24.5 Å². The number of rotatable bonds is 8. The number of ether oxygens (including phenoxy) is 2. The maximum atomic E-state index is 13.4. The second-order valence-electron chi connectivity index (χ2n) is 11.7. The number of alkyl carbamates (subject to hydrolysis) is 1. The van der Waals surface area contributed by atoms with E-state index in [9.17, 15) is 14.4 Å². The summed E-state index contributed by atoms with van der Waals surface area (Å²) in [5.74, 6) is 0.438. The standard InChI is InChI=1S/C29H37ClN8O5S/c1-17(39)36-10-7-18(14-36)20-12-21(24-26(31)33-16-34-38(20)24)37-9-5-6-19(15-37)35-27(40)25-22(13-23(30)44-25)42-11-8-32-28(41)43-29(2,3)4/h7,12-13,16,19H,5-6,8-11,14-15H2,1-4H3,(H,32,41)(H,35,40)(H2,31,33,34)/t19-/m1/s1. The first-order valence-electron chi connectivity index (χ1n) is 14.4. The Hall–Kier alpha value is -4.04. The van der Waals surface area contributed by atoms with Crippen LogP contribution < -0.4 is 26.0 Å². The van der Waals surface area contributed by atoms with Gasteiger partial charge in [-0.3, -0.25) is 9.59 Å². The molecule has 0 spiro atoms. The number of halogens is 1. The van der Waals surface area contributed by atoms with Crippen LogP contribution in [0.2, 0.25) is 4.34 Å². The zero-order chi connectivity index (χ0) is 31.6. The normalized spacial score (nSPS) is 17.0. The van der Waals surface area contributed by atoms with Gasteiger partial charge in [0.05, 0.1) is 22.3 Å². The Labute approximate surface area is 264 Å². The molecule has 4 N–H and O–H groups in total. The number of carbonyl (C=O) groups excluding carboxylic acids is 3. The predicted octanol–water partition coefficient (Wildman–Crippen LogP) is 3.57. The Morgan fingerprint density at radius 3 is 2.77 bits per heavy atom. The molecule has 1 saturated heterocycles. The fraction of sp³-hybridized carbons (Fsp3) is 0.483. The molecule has 0 aliphatic carbocycles. The van der Waals surface area contributed by atoms with Gasteiger partial charge in [-0.1, -0.05) is 17.7 Å². The topological polar surface area (TPSA) is 156 Å².